The van der Waals surface area contributed by atoms with Gasteiger partial charge in [-0.1, -0.05) is 11.6 Å². The van der Waals surface area contributed by atoms with Crippen LogP contribution in [-0.4, -0.2) is 27.1 Å². The van der Waals surface area contributed by atoms with Crippen molar-refractivity contribution in [1.82, 2.24) is 20.5 Å². The maximum atomic E-state index is 14.8. The average molecular weight is 458 g/mol. The van der Waals surface area contributed by atoms with Crippen LogP contribution in [0.1, 0.15) is 30.1 Å². The minimum absolute atomic E-state index is 0.0228. The quantitative estimate of drug-likeness (QED) is 0.524. The van der Waals surface area contributed by atoms with Crippen molar-refractivity contribution in [3.05, 3.63) is 74.9 Å². The Morgan fingerprint density at radius 1 is 1.19 bits per heavy atom. The van der Waals surface area contributed by atoms with E-state index in [9.17, 15) is 18.4 Å². The number of hydrogen-bond acceptors (Lipinski definition) is 5. The van der Waals surface area contributed by atoms with Crippen LogP contribution in [-0.2, 0) is 11.2 Å². The number of anilines is 1. The summed E-state index contributed by atoms with van der Waals surface area (Å²) >= 11 is 6.31. The monoisotopic (exact) mass is 457 g/mol. The van der Waals surface area contributed by atoms with Crippen molar-refractivity contribution in [3.63, 3.8) is 0 Å². The normalized spacial score (nSPS) is 21.7. The molecule has 3 N–H and O–H groups in total. The van der Waals surface area contributed by atoms with Crippen molar-refractivity contribution in [2.24, 2.45) is 5.92 Å². The SMILES string of the molecule is O=C(Nc1cc(Cl)c(-c2ccc(F)nc2)cc1F)C1CC2Cc3cc(=O)[nH]nc3C(C1)N2. The van der Waals surface area contributed by atoms with Gasteiger partial charge in [0.1, 0.15) is 5.82 Å². The van der Waals surface area contributed by atoms with Gasteiger partial charge < -0.3 is 10.6 Å². The molecule has 1 fully saturated rings. The van der Waals surface area contributed by atoms with Gasteiger partial charge in [-0.3, -0.25) is 9.59 Å². The summed E-state index contributed by atoms with van der Waals surface area (Å²) in [5.74, 6) is -1.96. The summed E-state index contributed by atoms with van der Waals surface area (Å²) < 4.78 is 27.8. The van der Waals surface area contributed by atoms with Crippen LogP contribution in [0.4, 0.5) is 14.5 Å². The second-order valence-corrected chi connectivity index (χ2v) is 8.51. The van der Waals surface area contributed by atoms with Crippen molar-refractivity contribution in [3.8, 4) is 11.1 Å². The number of fused-ring (bicyclic) bond motifs is 4. The molecule has 0 spiro atoms. The zero-order valence-electron chi connectivity index (χ0n) is 16.7. The third kappa shape index (κ3) is 3.89. The fourth-order valence-corrected chi connectivity index (χ4v) is 4.78. The van der Waals surface area contributed by atoms with Crippen LogP contribution < -0.4 is 16.2 Å². The Balaban J connectivity index is 1.34. The fraction of sp³-hybridized carbons (Fsp3) is 0.273. The van der Waals surface area contributed by atoms with Gasteiger partial charge in [0, 0.05) is 35.3 Å². The molecule has 32 heavy (non-hydrogen) atoms. The largest absolute Gasteiger partial charge is 0.323 e. The number of halogens is 3. The minimum atomic E-state index is -0.652. The summed E-state index contributed by atoms with van der Waals surface area (Å²) in [5, 5.41) is 12.9. The summed E-state index contributed by atoms with van der Waals surface area (Å²) in [4.78, 5) is 28.1. The zero-order valence-corrected chi connectivity index (χ0v) is 17.4. The molecular weight excluding hydrogens is 440 g/mol. The molecule has 0 radical (unpaired) electrons. The molecule has 3 unspecified atom stereocenters. The fourth-order valence-electron chi connectivity index (χ4n) is 4.51. The summed E-state index contributed by atoms with van der Waals surface area (Å²) in [6.45, 7) is 0. The molecule has 0 aliphatic carbocycles. The molecule has 7 nitrogen and oxygen atoms in total. The van der Waals surface area contributed by atoms with E-state index >= 15 is 0 Å². The molecule has 3 aromatic rings. The Labute approximate surface area is 186 Å². The van der Waals surface area contributed by atoms with E-state index in [1.54, 1.807) is 6.07 Å². The van der Waals surface area contributed by atoms with E-state index in [0.717, 1.165) is 17.3 Å². The first-order valence-electron chi connectivity index (χ1n) is 10.1. The predicted molar refractivity (Wildman–Crippen MR) is 114 cm³/mol. The summed E-state index contributed by atoms with van der Waals surface area (Å²) in [6.07, 6.45) is 2.90. The molecule has 4 heterocycles. The molecule has 2 bridgehead atoms. The highest BCUT2D eigenvalue weighted by Gasteiger charge is 2.38. The number of amides is 1. The highest BCUT2D eigenvalue weighted by Crippen LogP contribution is 2.37. The van der Waals surface area contributed by atoms with Crippen LogP contribution >= 0.6 is 11.6 Å². The summed E-state index contributed by atoms with van der Waals surface area (Å²) in [6, 6.07) is 6.58. The number of piperidine rings is 1. The van der Waals surface area contributed by atoms with E-state index in [1.807, 2.05) is 0 Å². The number of nitrogens with one attached hydrogen (secondary N) is 3. The second kappa shape index (κ2) is 8.07. The zero-order chi connectivity index (χ0) is 22.4. The third-order valence-electron chi connectivity index (χ3n) is 5.97. The lowest BCUT2D eigenvalue weighted by atomic mass is 9.79. The van der Waals surface area contributed by atoms with Crippen molar-refractivity contribution in [2.45, 2.75) is 31.3 Å². The number of carbonyl (C=O) groups is 1. The second-order valence-electron chi connectivity index (χ2n) is 8.10. The first-order valence-corrected chi connectivity index (χ1v) is 10.5. The highest BCUT2D eigenvalue weighted by molar-refractivity contribution is 6.33. The van der Waals surface area contributed by atoms with Gasteiger partial charge in [0.25, 0.3) is 5.56 Å². The Bertz CT molecular complexity index is 1260. The molecule has 2 aliphatic rings. The maximum Gasteiger partial charge on any atom is 0.264 e. The molecule has 3 atom stereocenters. The maximum absolute atomic E-state index is 14.8. The highest BCUT2D eigenvalue weighted by atomic mass is 35.5. The Hall–Kier alpha value is -3.17. The van der Waals surface area contributed by atoms with Gasteiger partial charge in [-0.2, -0.15) is 9.49 Å². The van der Waals surface area contributed by atoms with Crippen LogP contribution in [0.2, 0.25) is 5.02 Å². The topological polar surface area (TPSA) is 99.8 Å². The van der Waals surface area contributed by atoms with Crippen molar-refractivity contribution < 1.29 is 13.6 Å². The number of pyridine rings is 1. The van der Waals surface area contributed by atoms with E-state index in [-0.39, 0.29) is 40.2 Å². The van der Waals surface area contributed by atoms with Crippen LogP contribution in [0, 0.1) is 17.7 Å². The van der Waals surface area contributed by atoms with E-state index in [2.05, 4.69) is 25.8 Å². The van der Waals surface area contributed by atoms with Crippen molar-refractivity contribution in [2.75, 3.05) is 5.32 Å². The standard InChI is InChI=1S/C22H18ClF2N5O2/c23-15-8-17(16(24)7-14(15)10-1-2-19(25)26-9-10)28-22(32)12-4-13-3-11-6-20(31)29-30-21(11)18(5-12)27-13/h1-2,6-9,12-13,18,27H,3-5H2,(H,28,32)(H,29,31). The van der Waals surface area contributed by atoms with E-state index in [0.29, 0.717) is 30.4 Å². The van der Waals surface area contributed by atoms with Crippen molar-refractivity contribution >= 4 is 23.2 Å². The van der Waals surface area contributed by atoms with Crippen LogP contribution in [0.5, 0.6) is 0 Å². The van der Waals surface area contributed by atoms with Gasteiger partial charge in [0.15, 0.2) is 0 Å². The number of carbonyl (C=O) groups excluding carboxylic acids is 1. The Kier molecular flexibility index (Phi) is 5.22. The first kappa shape index (κ1) is 20.7. The van der Waals surface area contributed by atoms with Gasteiger partial charge in [-0.15, -0.1) is 0 Å². The van der Waals surface area contributed by atoms with E-state index < -0.39 is 11.8 Å². The molecule has 1 saturated heterocycles. The van der Waals surface area contributed by atoms with Gasteiger partial charge in [-0.25, -0.2) is 14.5 Å². The number of aromatic nitrogens is 3. The molecule has 2 aliphatic heterocycles. The molecule has 10 heteroatoms. The van der Waals surface area contributed by atoms with Crippen LogP contribution in [0.25, 0.3) is 11.1 Å². The number of rotatable bonds is 3. The number of aromatic amines is 1. The van der Waals surface area contributed by atoms with Crippen molar-refractivity contribution in [1.29, 1.82) is 0 Å². The van der Waals surface area contributed by atoms with Crippen LogP contribution in [0.3, 0.4) is 0 Å². The lowest BCUT2D eigenvalue weighted by Gasteiger charge is -2.39. The number of benzene rings is 1. The molecular formula is C22H18ClF2N5O2. The first-order chi connectivity index (χ1) is 15.4. The third-order valence-corrected chi connectivity index (χ3v) is 6.28. The number of H-pyrrole nitrogens is 1. The van der Waals surface area contributed by atoms with Gasteiger partial charge in [-0.05, 0) is 49.1 Å². The molecule has 5 rings (SSSR count). The number of hydrogen-bond donors (Lipinski definition) is 3. The summed E-state index contributed by atoms with van der Waals surface area (Å²) in [5.41, 5.74) is 2.18. The Morgan fingerprint density at radius 3 is 2.81 bits per heavy atom. The van der Waals surface area contributed by atoms with Crippen LogP contribution in [0.15, 0.2) is 41.3 Å². The predicted octanol–water partition coefficient (Wildman–Crippen LogP) is 3.37. The molecule has 0 saturated carbocycles. The Morgan fingerprint density at radius 2 is 2.03 bits per heavy atom. The lowest BCUT2D eigenvalue weighted by Crippen LogP contribution is -2.49. The van der Waals surface area contributed by atoms with Gasteiger partial charge >= 0.3 is 0 Å². The van der Waals surface area contributed by atoms with E-state index in [1.165, 1.54) is 24.4 Å². The lowest BCUT2D eigenvalue weighted by molar-refractivity contribution is -0.121. The number of nitrogens with zero attached hydrogens (tertiary/aromatic N) is 2. The molecule has 1 amide bonds. The molecule has 2 aromatic heterocycles. The average Bonchev–Trinajstić information content (AvgIpc) is 2.76. The van der Waals surface area contributed by atoms with Gasteiger partial charge in [0.05, 0.1) is 22.4 Å². The molecule has 164 valence electrons. The van der Waals surface area contributed by atoms with Gasteiger partial charge in [0.2, 0.25) is 11.9 Å². The smallest absolute Gasteiger partial charge is 0.264 e. The molecule has 1 aromatic carbocycles. The summed E-state index contributed by atoms with van der Waals surface area (Å²) in [7, 11) is 0. The van der Waals surface area contributed by atoms with E-state index in [4.69, 9.17) is 11.6 Å². The minimum Gasteiger partial charge on any atom is -0.323 e.